The predicted octanol–water partition coefficient (Wildman–Crippen LogP) is 6.39. The first-order valence-corrected chi connectivity index (χ1v) is 12.9. The molecule has 1 saturated heterocycles. The van der Waals surface area contributed by atoms with Crippen LogP contribution in [0.15, 0.2) is 72.9 Å². The molecule has 5 rings (SSSR count). The van der Waals surface area contributed by atoms with Gasteiger partial charge in [-0.1, -0.05) is 17.7 Å². The lowest BCUT2D eigenvalue weighted by molar-refractivity contribution is 0.412. The van der Waals surface area contributed by atoms with E-state index in [4.69, 9.17) is 33.5 Å². The van der Waals surface area contributed by atoms with Gasteiger partial charge in [0.05, 0.1) is 30.6 Å². The van der Waals surface area contributed by atoms with Gasteiger partial charge in [0.2, 0.25) is 0 Å². The first kappa shape index (κ1) is 25.1. The highest BCUT2D eigenvalue weighted by atomic mass is 35.5. The monoisotopic (exact) mass is 531 g/mol. The zero-order chi connectivity index (χ0) is 26.3. The van der Waals surface area contributed by atoms with Gasteiger partial charge in [0, 0.05) is 48.1 Å². The molecule has 0 aliphatic carbocycles. The second-order valence-corrected chi connectivity index (χ2v) is 10.2. The molecule has 6 nitrogen and oxygen atoms in total. The van der Waals surface area contributed by atoms with Crippen LogP contribution in [0.25, 0.3) is 5.69 Å². The van der Waals surface area contributed by atoms with Gasteiger partial charge in [0.15, 0.2) is 5.11 Å². The largest absolute Gasteiger partial charge is 0.495 e. The van der Waals surface area contributed by atoms with Gasteiger partial charge in [-0.15, -0.1) is 0 Å². The van der Waals surface area contributed by atoms with Crippen LogP contribution in [-0.4, -0.2) is 35.9 Å². The van der Waals surface area contributed by atoms with Crippen LogP contribution in [0, 0.1) is 13.8 Å². The number of halogens is 1. The number of hydrogen-bond donors (Lipinski definition) is 1. The van der Waals surface area contributed by atoms with Crippen molar-refractivity contribution < 1.29 is 4.74 Å². The Balaban J connectivity index is 1.68. The number of aromatic nitrogens is 2. The lowest BCUT2D eigenvalue weighted by atomic mass is 9.96. The van der Waals surface area contributed by atoms with Crippen LogP contribution in [0.1, 0.15) is 34.7 Å². The molecule has 190 valence electrons. The van der Waals surface area contributed by atoms with Crippen LogP contribution in [0.3, 0.4) is 0 Å². The van der Waals surface area contributed by atoms with Crippen molar-refractivity contribution in [2.24, 2.45) is 0 Å². The van der Waals surface area contributed by atoms with Crippen LogP contribution < -0.4 is 19.9 Å². The third-order valence-electron chi connectivity index (χ3n) is 6.91. The van der Waals surface area contributed by atoms with Crippen LogP contribution in [0.2, 0.25) is 5.02 Å². The summed E-state index contributed by atoms with van der Waals surface area (Å²) >= 11 is 12.3. The molecule has 2 aromatic heterocycles. The zero-order valence-electron chi connectivity index (χ0n) is 21.6. The molecule has 1 fully saturated rings. The Kier molecular flexibility index (Phi) is 6.84. The molecule has 4 aromatic rings. The third kappa shape index (κ3) is 4.54. The summed E-state index contributed by atoms with van der Waals surface area (Å²) in [5.74, 6) is 0.759. The number of rotatable bonds is 6. The lowest BCUT2D eigenvalue weighted by Crippen LogP contribution is -2.29. The molecule has 2 atom stereocenters. The summed E-state index contributed by atoms with van der Waals surface area (Å²) in [7, 11) is 5.75. The number of methoxy groups -OCH3 is 1. The Morgan fingerprint density at radius 1 is 1.03 bits per heavy atom. The lowest BCUT2D eigenvalue weighted by Gasteiger charge is -2.28. The van der Waals surface area contributed by atoms with E-state index in [0.717, 1.165) is 45.5 Å². The maximum absolute atomic E-state index is 6.41. The fourth-order valence-electron chi connectivity index (χ4n) is 5.16. The molecule has 0 bridgehead atoms. The Bertz CT molecular complexity index is 1430. The summed E-state index contributed by atoms with van der Waals surface area (Å²) in [4.78, 5) is 8.98. The Morgan fingerprint density at radius 3 is 2.43 bits per heavy atom. The molecular formula is C29H30ClN5OS. The minimum absolute atomic E-state index is 0.113. The maximum Gasteiger partial charge on any atom is 0.174 e. The maximum atomic E-state index is 6.41. The van der Waals surface area contributed by atoms with Crippen molar-refractivity contribution in [1.29, 1.82) is 0 Å². The topological polar surface area (TPSA) is 45.6 Å². The van der Waals surface area contributed by atoms with Crippen molar-refractivity contribution >= 4 is 40.3 Å². The van der Waals surface area contributed by atoms with Crippen molar-refractivity contribution in [3.05, 3.63) is 101 Å². The zero-order valence-corrected chi connectivity index (χ0v) is 23.1. The van der Waals surface area contributed by atoms with Gasteiger partial charge in [0.25, 0.3) is 0 Å². The molecule has 1 aliphatic rings. The molecule has 1 aliphatic heterocycles. The standard InChI is InChI=1S/C29H30ClN5OS/c1-18-16-23(19(2)34(18)25-17-20(30)9-14-26(25)36-5)28-27(24-8-6-7-15-31-24)32-29(37)35(28)22-12-10-21(11-13-22)33(3)4/h6-17,27-28H,1-5H3,(H,32,37)/t27-,28-/m1/s1. The predicted molar refractivity (Wildman–Crippen MR) is 156 cm³/mol. The van der Waals surface area contributed by atoms with Gasteiger partial charge in [-0.2, -0.15) is 0 Å². The number of benzene rings is 2. The molecule has 0 radical (unpaired) electrons. The van der Waals surface area contributed by atoms with Gasteiger partial charge in [-0.25, -0.2) is 0 Å². The van der Waals surface area contributed by atoms with Crippen molar-refractivity contribution in [1.82, 2.24) is 14.9 Å². The average Bonchev–Trinajstić information content (AvgIpc) is 3.39. The minimum atomic E-state index is -0.127. The van der Waals surface area contributed by atoms with Gasteiger partial charge in [0.1, 0.15) is 5.75 Å². The van der Waals surface area contributed by atoms with E-state index in [1.807, 2.05) is 56.7 Å². The Morgan fingerprint density at radius 2 is 1.78 bits per heavy atom. The summed E-state index contributed by atoms with van der Waals surface area (Å²) < 4.78 is 7.89. The quantitative estimate of drug-likeness (QED) is 0.291. The molecule has 8 heteroatoms. The number of aryl methyl sites for hydroxylation is 1. The van der Waals surface area contributed by atoms with E-state index in [0.29, 0.717) is 10.1 Å². The van der Waals surface area contributed by atoms with E-state index in [1.54, 1.807) is 7.11 Å². The Hall–Kier alpha value is -3.55. The third-order valence-corrected chi connectivity index (χ3v) is 7.46. The van der Waals surface area contributed by atoms with Gasteiger partial charge < -0.3 is 24.4 Å². The number of pyridine rings is 1. The first-order valence-electron chi connectivity index (χ1n) is 12.1. The van der Waals surface area contributed by atoms with Crippen LogP contribution in [0.5, 0.6) is 5.75 Å². The molecule has 2 aromatic carbocycles. The number of ether oxygens (including phenoxy) is 1. The molecule has 0 unspecified atom stereocenters. The highest BCUT2D eigenvalue weighted by Crippen LogP contribution is 2.44. The van der Waals surface area contributed by atoms with Crippen molar-refractivity contribution in [3.63, 3.8) is 0 Å². The number of nitrogens with one attached hydrogen (secondary N) is 1. The average molecular weight is 532 g/mol. The second-order valence-electron chi connectivity index (χ2n) is 9.39. The highest BCUT2D eigenvalue weighted by molar-refractivity contribution is 7.80. The van der Waals surface area contributed by atoms with E-state index < -0.39 is 0 Å². The Labute approximate surface area is 228 Å². The summed E-state index contributed by atoms with van der Waals surface area (Å²) in [6.45, 7) is 4.23. The van der Waals surface area contributed by atoms with Gasteiger partial charge in [-0.3, -0.25) is 4.98 Å². The van der Waals surface area contributed by atoms with Crippen LogP contribution in [0.4, 0.5) is 11.4 Å². The van der Waals surface area contributed by atoms with E-state index in [2.05, 4.69) is 63.9 Å². The smallest absolute Gasteiger partial charge is 0.174 e. The molecular weight excluding hydrogens is 502 g/mol. The molecule has 0 spiro atoms. The van der Waals surface area contributed by atoms with Crippen molar-refractivity contribution in [2.75, 3.05) is 31.0 Å². The first-order chi connectivity index (χ1) is 17.8. The highest BCUT2D eigenvalue weighted by Gasteiger charge is 2.42. The van der Waals surface area contributed by atoms with Crippen LogP contribution >= 0.6 is 23.8 Å². The summed E-state index contributed by atoms with van der Waals surface area (Å²) in [5.41, 5.74) is 7.31. The van der Waals surface area contributed by atoms with E-state index in [-0.39, 0.29) is 12.1 Å². The summed E-state index contributed by atoms with van der Waals surface area (Å²) in [5, 5.41) is 4.89. The molecule has 37 heavy (non-hydrogen) atoms. The summed E-state index contributed by atoms with van der Waals surface area (Å²) in [6.07, 6.45) is 1.83. The van der Waals surface area contributed by atoms with E-state index in [9.17, 15) is 0 Å². The fraction of sp³-hybridized carbons (Fsp3) is 0.241. The molecule has 1 N–H and O–H groups in total. The molecule has 0 amide bonds. The van der Waals surface area contributed by atoms with E-state index >= 15 is 0 Å². The van der Waals surface area contributed by atoms with Crippen molar-refractivity contribution in [2.45, 2.75) is 25.9 Å². The second kappa shape index (κ2) is 10.1. The number of nitrogens with zero attached hydrogens (tertiary/aromatic N) is 4. The number of anilines is 2. The normalized spacial score (nSPS) is 17.1. The van der Waals surface area contributed by atoms with Gasteiger partial charge in [-0.05, 0) is 92.3 Å². The molecule has 0 saturated carbocycles. The van der Waals surface area contributed by atoms with Gasteiger partial charge >= 0.3 is 0 Å². The van der Waals surface area contributed by atoms with Crippen LogP contribution in [-0.2, 0) is 0 Å². The number of hydrogen-bond acceptors (Lipinski definition) is 4. The molecule has 3 heterocycles. The van der Waals surface area contributed by atoms with Crippen molar-refractivity contribution in [3.8, 4) is 11.4 Å². The van der Waals surface area contributed by atoms with E-state index in [1.165, 1.54) is 0 Å². The SMILES string of the molecule is COc1ccc(Cl)cc1-n1c(C)cc([C@@H]2[C@@H](c3ccccn3)NC(=S)N2c2ccc(N(C)C)cc2)c1C. The minimum Gasteiger partial charge on any atom is -0.495 e. The number of thiocarbonyl (C=S) groups is 1. The summed E-state index contributed by atoms with van der Waals surface area (Å²) in [6, 6.07) is 22.1. The fourth-order valence-corrected chi connectivity index (χ4v) is 5.67.